The van der Waals surface area contributed by atoms with Crippen molar-refractivity contribution >= 4 is 5.91 Å². The molecule has 0 radical (unpaired) electrons. The lowest BCUT2D eigenvalue weighted by Gasteiger charge is -2.48. The van der Waals surface area contributed by atoms with Gasteiger partial charge in [-0.2, -0.15) is 0 Å². The number of carbonyl (C=O) groups is 1. The Hall–Kier alpha value is -0.570. The second-order valence-corrected chi connectivity index (χ2v) is 6.42. The molecule has 2 fully saturated rings. The lowest BCUT2D eigenvalue weighted by Crippen LogP contribution is -2.68. The molecule has 1 aliphatic heterocycles. The fraction of sp³-hybridized carbons (Fsp3) is 0.933. The molecule has 1 amide bonds. The van der Waals surface area contributed by atoms with Gasteiger partial charge in [-0.15, -0.1) is 0 Å². The predicted octanol–water partition coefficient (Wildman–Crippen LogP) is 2.69. The highest BCUT2D eigenvalue weighted by atomic mass is 16.2. The molecule has 0 aromatic heterocycles. The number of likely N-dealkylation sites (tertiary alicyclic amines) is 1. The minimum atomic E-state index is -0.0755. The SMILES string of the molecule is CCCC1(N)CN(C(=O)CC2CCCCCC2)C1. The summed E-state index contributed by atoms with van der Waals surface area (Å²) in [6.45, 7) is 3.73. The molecule has 1 aliphatic carbocycles. The topological polar surface area (TPSA) is 46.3 Å². The van der Waals surface area contributed by atoms with Crippen molar-refractivity contribution in [2.75, 3.05) is 13.1 Å². The lowest BCUT2D eigenvalue weighted by molar-refractivity contribution is -0.140. The summed E-state index contributed by atoms with van der Waals surface area (Å²) in [5, 5.41) is 0. The van der Waals surface area contributed by atoms with E-state index in [2.05, 4.69) is 6.92 Å². The van der Waals surface area contributed by atoms with Gasteiger partial charge in [0.25, 0.3) is 0 Å². The van der Waals surface area contributed by atoms with Crippen LogP contribution in [0.25, 0.3) is 0 Å². The first kappa shape index (κ1) is 13.9. The summed E-state index contributed by atoms with van der Waals surface area (Å²) in [4.78, 5) is 14.1. The first-order chi connectivity index (χ1) is 8.63. The Morgan fingerprint density at radius 2 is 1.83 bits per heavy atom. The van der Waals surface area contributed by atoms with Gasteiger partial charge in [-0.25, -0.2) is 0 Å². The molecule has 3 heteroatoms. The summed E-state index contributed by atoms with van der Waals surface area (Å²) in [6, 6.07) is 0. The predicted molar refractivity (Wildman–Crippen MR) is 74.2 cm³/mol. The van der Waals surface area contributed by atoms with E-state index in [1.54, 1.807) is 0 Å². The van der Waals surface area contributed by atoms with Gasteiger partial charge in [-0.1, -0.05) is 39.0 Å². The number of hydrogen-bond acceptors (Lipinski definition) is 2. The Morgan fingerprint density at radius 3 is 2.39 bits per heavy atom. The minimum absolute atomic E-state index is 0.0755. The molecule has 0 atom stereocenters. The van der Waals surface area contributed by atoms with Crippen LogP contribution in [0.15, 0.2) is 0 Å². The third kappa shape index (κ3) is 3.47. The lowest BCUT2D eigenvalue weighted by atomic mass is 9.85. The van der Waals surface area contributed by atoms with Crippen LogP contribution in [-0.4, -0.2) is 29.4 Å². The second kappa shape index (κ2) is 6.05. The molecule has 0 aromatic rings. The Labute approximate surface area is 111 Å². The van der Waals surface area contributed by atoms with Gasteiger partial charge in [0.1, 0.15) is 0 Å². The van der Waals surface area contributed by atoms with Crippen molar-refractivity contribution in [3.05, 3.63) is 0 Å². The molecule has 0 spiro atoms. The summed E-state index contributed by atoms with van der Waals surface area (Å²) in [5.41, 5.74) is 6.13. The van der Waals surface area contributed by atoms with E-state index in [9.17, 15) is 4.79 Å². The third-order valence-corrected chi connectivity index (χ3v) is 4.55. The number of rotatable bonds is 4. The summed E-state index contributed by atoms with van der Waals surface area (Å²) in [6.07, 6.45) is 10.8. The normalized spacial score (nSPS) is 24.4. The van der Waals surface area contributed by atoms with Crippen molar-refractivity contribution in [1.82, 2.24) is 4.90 Å². The van der Waals surface area contributed by atoms with Crippen molar-refractivity contribution < 1.29 is 4.79 Å². The highest BCUT2D eigenvalue weighted by Crippen LogP contribution is 2.29. The number of carbonyl (C=O) groups excluding carboxylic acids is 1. The molecule has 1 saturated heterocycles. The smallest absolute Gasteiger partial charge is 0.222 e. The Kier molecular flexibility index (Phi) is 4.66. The summed E-state index contributed by atoms with van der Waals surface area (Å²) < 4.78 is 0. The van der Waals surface area contributed by atoms with E-state index in [-0.39, 0.29) is 5.54 Å². The van der Waals surface area contributed by atoms with Crippen LogP contribution in [0, 0.1) is 5.92 Å². The van der Waals surface area contributed by atoms with E-state index in [4.69, 9.17) is 5.73 Å². The van der Waals surface area contributed by atoms with Gasteiger partial charge in [0, 0.05) is 19.5 Å². The van der Waals surface area contributed by atoms with E-state index in [1.807, 2.05) is 4.90 Å². The molecule has 1 heterocycles. The summed E-state index contributed by atoms with van der Waals surface area (Å²) in [7, 11) is 0. The number of nitrogens with zero attached hydrogens (tertiary/aromatic N) is 1. The Bertz CT molecular complexity index is 276. The molecule has 0 aromatic carbocycles. The second-order valence-electron chi connectivity index (χ2n) is 6.42. The summed E-state index contributed by atoms with van der Waals surface area (Å²) in [5.74, 6) is 0.984. The average Bonchev–Trinajstić information content (AvgIpc) is 2.54. The highest BCUT2D eigenvalue weighted by molar-refractivity contribution is 5.77. The van der Waals surface area contributed by atoms with Crippen LogP contribution < -0.4 is 5.73 Å². The van der Waals surface area contributed by atoms with E-state index in [0.717, 1.165) is 32.4 Å². The van der Waals surface area contributed by atoms with Gasteiger partial charge in [-0.05, 0) is 25.2 Å². The standard InChI is InChI=1S/C15H28N2O/c1-2-9-15(16)11-17(12-15)14(18)10-13-7-5-3-4-6-8-13/h13H,2-12,16H2,1H3. The molecule has 2 N–H and O–H groups in total. The molecular formula is C15H28N2O. The fourth-order valence-electron chi connectivity index (χ4n) is 3.49. The Balaban J connectivity index is 1.72. The van der Waals surface area contributed by atoms with Crippen LogP contribution in [-0.2, 0) is 4.79 Å². The van der Waals surface area contributed by atoms with Crippen molar-refractivity contribution in [2.24, 2.45) is 11.7 Å². The number of amides is 1. The van der Waals surface area contributed by atoms with Crippen molar-refractivity contribution in [1.29, 1.82) is 0 Å². The van der Waals surface area contributed by atoms with E-state index in [0.29, 0.717) is 11.8 Å². The zero-order valence-electron chi connectivity index (χ0n) is 11.8. The van der Waals surface area contributed by atoms with Crippen molar-refractivity contribution in [2.45, 2.75) is 70.3 Å². The van der Waals surface area contributed by atoms with Crippen molar-refractivity contribution in [3.8, 4) is 0 Å². The quantitative estimate of drug-likeness (QED) is 0.782. The molecule has 2 rings (SSSR count). The number of hydrogen-bond donors (Lipinski definition) is 1. The molecule has 3 nitrogen and oxygen atoms in total. The van der Waals surface area contributed by atoms with Gasteiger partial charge in [0.15, 0.2) is 0 Å². The first-order valence-electron chi connectivity index (χ1n) is 7.69. The molecule has 18 heavy (non-hydrogen) atoms. The Morgan fingerprint density at radius 1 is 1.22 bits per heavy atom. The monoisotopic (exact) mass is 252 g/mol. The fourth-order valence-corrected chi connectivity index (χ4v) is 3.49. The van der Waals surface area contributed by atoms with Crippen LogP contribution in [0.5, 0.6) is 0 Å². The number of nitrogens with two attached hydrogens (primary N) is 1. The van der Waals surface area contributed by atoms with Crippen LogP contribution >= 0.6 is 0 Å². The molecule has 104 valence electrons. The molecule has 1 saturated carbocycles. The maximum Gasteiger partial charge on any atom is 0.222 e. The zero-order chi connectivity index (χ0) is 13.0. The van der Waals surface area contributed by atoms with Gasteiger partial charge in [0.2, 0.25) is 5.91 Å². The highest BCUT2D eigenvalue weighted by Gasteiger charge is 2.41. The van der Waals surface area contributed by atoms with Crippen LogP contribution in [0.2, 0.25) is 0 Å². The van der Waals surface area contributed by atoms with Crippen LogP contribution in [0.1, 0.15) is 64.7 Å². The molecule has 0 bridgehead atoms. The van der Waals surface area contributed by atoms with E-state index >= 15 is 0 Å². The zero-order valence-corrected chi connectivity index (χ0v) is 11.8. The third-order valence-electron chi connectivity index (χ3n) is 4.55. The molecule has 0 unspecified atom stereocenters. The largest absolute Gasteiger partial charge is 0.339 e. The van der Waals surface area contributed by atoms with Gasteiger partial charge in [0.05, 0.1) is 5.54 Å². The maximum absolute atomic E-state index is 12.2. The summed E-state index contributed by atoms with van der Waals surface area (Å²) >= 11 is 0. The molecular weight excluding hydrogens is 224 g/mol. The first-order valence-corrected chi connectivity index (χ1v) is 7.69. The maximum atomic E-state index is 12.2. The minimum Gasteiger partial charge on any atom is -0.339 e. The van der Waals surface area contributed by atoms with Crippen LogP contribution in [0.4, 0.5) is 0 Å². The molecule has 2 aliphatic rings. The van der Waals surface area contributed by atoms with E-state index in [1.165, 1.54) is 38.5 Å². The van der Waals surface area contributed by atoms with Gasteiger partial charge in [-0.3, -0.25) is 4.79 Å². The van der Waals surface area contributed by atoms with Gasteiger partial charge >= 0.3 is 0 Å². The van der Waals surface area contributed by atoms with Crippen LogP contribution in [0.3, 0.4) is 0 Å². The van der Waals surface area contributed by atoms with Gasteiger partial charge < -0.3 is 10.6 Å². The average molecular weight is 252 g/mol. The van der Waals surface area contributed by atoms with E-state index < -0.39 is 0 Å². The van der Waals surface area contributed by atoms with Crippen molar-refractivity contribution in [3.63, 3.8) is 0 Å².